The first kappa shape index (κ1) is 16.8. The van der Waals surface area contributed by atoms with Gasteiger partial charge in [-0.15, -0.1) is 5.10 Å². The minimum Gasteiger partial charge on any atom is -0.461 e. The van der Waals surface area contributed by atoms with E-state index < -0.39 is 0 Å². The minimum absolute atomic E-state index is 0.138. The molecule has 4 heterocycles. The van der Waals surface area contributed by atoms with Gasteiger partial charge >= 0.3 is 0 Å². The molecule has 3 aromatic rings. The fourth-order valence-electron chi connectivity index (χ4n) is 3.21. The number of nitrogen functional groups attached to an aromatic ring is 1. The summed E-state index contributed by atoms with van der Waals surface area (Å²) in [6, 6.07) is 5.49. The molecule has 1 aliphatic rings. The van der Waals surface area contributed by atoms with E-state index in [1.807, 2.05) is 6.07 Å². The lowest BCUT2D eigenvalue weighted by Crippen LogP contribution is -2.56. The first-order valence-corrected chi connectivity index (χ1v) is 8.66. The average Bonchev–Trinajstić information content (AvgIpc) is 3.31. The summed E-state index contributed by atoms with van der Waals surface area (Å²) in [5.41, 5.74) is 6.52. The van der Waals surface area contributed by atoms with E-state index in [0.29, 0.717) is 23.2 Å². The van der Waals surface area contributed by atoms with Crippen LogP contribution in [0.3, 0.4) is 0 Å². The highest BCUT2D eigenvalue weighted by molar-refractivity contribution is 5.59. The molecule has 0 bridgehead atoms. The number of nitrogens with two attached hydrogens (primary N) is 1. The van der Waals surface area contributed by atoms with Crippen LogP contribution in [-0.2, 0) is 0 Å². The molecule has 0 aromatic carbocycles. The van der Waals surface area contributed by atoms with Gasteiger partial charge in [-0.05, 0) is 26.0 Å². The van der Waals surface area contributed by atoms with E-state index in [2.05, 4.69) is 38.7 Å². The van der Waals surface area contributed by atoms with Gasteiger partial charge in [0.05, 0.1) is 12.9 Å². The lowest BCUT2D eigenvalue weighted by Gasteiger charge is -2.43. The van der Waals surface area contributed by atoms with Gasteiger partial charge in [0.15, 0.2) is 11.4 Å². The normalized spacial score (nSPS) is 16.5. The molecule has 0 atom stereocenters. The molecule has 9 heteroatoms. The van der Waals surface area contributed by atoms with Crippen LogP contribution in [0.4, 0.5) is 11.8 Å². The van der Waals surface area contributed by atoms with E-state index in [4.69, 9.17) is 10.2 Å². The Morgan fingerprint density at radius 2 is 2.00 bits per heavy atom. The molecule has 3 N–H and O–H groups in total. The molecule has 0 spiro atoms. The van der Waals surface area contributed by atoms with Crippen LogP contribution >= 0.6 is 0 Å². The van der Waals surface area contributed by atoms with Crippen LogP contribution in [0.25, 0.3) is 17.2 Å². The van der Waals surface area contributed by atoms with E-state index in [1.165, 1.54) is 4.52 Å². The van der Waals surface area contributed by atoms with Crippen LogP contribution in [0.5, 0.6) is 0 Å². The molecule has 0 unspecified atom stereocenters. The minimum atomic E-state index is -0.215. The van der Waals surface area contributed by atoms with Crippen molar-refractivity contribution in [3.63, 3.8) is 0 Å². The summed E-state index contributed by atoms with van der Waals surface area (Å²) >= 11 is 0. The smallest absolute Gasteiger partial charge is 0.225 e. The van der Waals surface area contributed by atoms with Crippen LogP contribution < -0.4 is 10.6 Å². The molecular formula is C17H23N7O2. The summed E-state index contributed by atoms with van der Waals surface area (Å²) in [7, 11) is 0. The Balaban J connectivity index is 1.58. The standard InChI is InChI=1S/C17H23N7O2/c1-17(2,11-25)23-7-5-22(6-8-23)13-10-14-19-15(12-4-3-9-26-12)21-24(14)16(18)20-13/h3-4,9-10,25H,5-8,11H2,1-2H3,(H2,18,20). The van der Waals surface area contributed by atoms with E-state index in [0.717, 1.165) is 32.0 Å². The van der Waals surface area contributed by atoms with Crippen molar-refractivity contribution < 1.29 is 9.52 Å². The highest BCUT2D eigenvalue weighted by atomic mass is 16.3. The predicted octanol–water partition coefficient (Wildman–Crippen LogP) is 0.859. The quantitative estimate of drug-likeness (QED) is 0.708. The Labute approximate surface area is 151 Å². The van der Waals surface area contributed by atoms with Gasteiger partial charge < -0.3 is 20.2 Å². The number of piperazine rings is 1. The highest BCUT2D eigenvalue weighted by Gasteiger charge is 2.30. The summed E-state index contributed by atoms with van der Waals surface area (Å²) in [4.78, 5) is 13.5. The number of hydrogen-bond donors (Lipinski definition) is 2. The molecule has 0 amide bonds. The second kappa shape index (κ2) is 6.26. The molecular weight excluding hydrogens is 334 g/mol. The van der Waals surface area contributed by atoms with Crippen LogP contribution in [0, 0.1) is 0 Å². The van der Waals surface area contributed by atoms with Crippen molar-refractivity contribution >= 4 is 17.4 Å². The molecule has 1 saturated heterocycles. The first-order valence-electron chi connectivity index (χ1n) is 8.66. The third kappa shape index (κ3) is 2.89. The van der Waals surface area contributed by atoms with Crippen molar-refractivity contribution in [1.29, 1.82) is 0 Å². The van der Waals surface area contributed by atoms with E-state index in [9.17, 15) is 5.11 Å². The molecule has 1 aliphatic heterocycles. The maximum atomic E-state index is 9.55. The zero-order valence-electron chi connectivity index (χ0n) is 15.0. The third-order valence-corrected chi connectivity index (χ3v) is 4.92. The van der Waals surface area contributed by atoms with Gasteiger partial charge in [0.2, 0.25) is 11.8 Å². The van der Waals surface area contributed by atoms with E-state index in [1.54, 1.807) is 18.4 Å². The van der Waals surface area contributed by atoms with Crippen LogP contribution in [0.1, 0.15) is 13.8 Å². The fourth-order valence-corrected chi connectivity index (χ4v) is 3.21. The number of aliphatic hydroxyl groups excluding tert-OH is 1. The molecule has 9 nitrogen and oxygen atoms in total. The van der Waals surface area contributed by atoms with Crippen LogP contribution in [-0.4, -0.2) is 67.9 Å². The number of furan rings is 1. The predicted molar refractivity (Wildman–Crippen MR) is 97.8 cm³/mol. The average molecular weight is 357 g/mol. The zero-order valence-corrected chi connectivity index (χ0v) is 15.0. The maximum Gasteiger partial charge on any atom is 0.225 e. The Morgan fingerprint density at radius 3 is 2.65 bits per heavy atom. The number of rotatable bonds is 4. The van der Waals surface area contributed by atoms with Gasteiger partial charge in [-0.1, -0.05) is 0 Å². The van der Waals surface area contributed by atoms with Gasteiger partial charge in [0.1, 0.15) is 5.82 Å². The first-order chi connectivity index (χ1) is 12.5. The van der Waals surface area contributed by atoms with E-state index in [-0.39, 0.29) is 12.1 Å². The Morgan fingerprint density at radius 1 is 1.23 bits per heavy atom. The van der Waals surface area contributed by atoms with Crippen molar-refractivity contribution in [3.05, 3.63) is 24.5 Å². The Kier molecular flexibility index (Phi) is 4.04. The SMILES string of the molecule is CC(C)(CO)N1CCN(c2cc3nc(-c4ccco4)nn3c(N)n2)CC1. The molecule has 4 rings (SSSR count). The number of nitrogens with zero attached hydrogens (tertiary/aromatic N) is 6. The van der Waals surface area contributed by atoms with Gasteiger partial charge in [-0.2, -0.15) is 9.50 Å². The number of anilines is 2. The van der Waals surface area contributed by atoms with Crippen LogP contribution in [0.2, 0.25) is 0 Å². The summed E-state index contributed by atoms with van der Waals surface area (Å²) < 4.78 is 6.87. The number of fused-ring (bicyclic) bond motifs is 1. The molecule has 0 aliphatic carbocycles. The summed E-state index contributed by atoms with van der Waals surface area (Å²) in [5, 5.41) is 13.9. The third-order valence-electron chi connectivity index (χ3n) is 4.92. The van der Waals surface area contributed by atoms with Crippen molar-refractivity contribution in [3.8, 4) is 11.6 Å². The monoisotopic (exact) mass is 357 g/mol. The van der Waals surface area contributed by atoms with E-state index >= 15 is 0 Å². The summed E-state index contributed by atoms with van der Waals surface area (Å²) in [5.74, 6) is 2.15. The molecule has 138 valence electrons. The molecule has 3 aromatic heterocycles. The zero-order chi connectivity index (χ0) is 18.3. The highest BCUT2D eigenvalue weighted by Crippen LogP contribution is 2.23. The van der Waals surface area contributed by atoms with Crippen molar-refractivity contribution in [2.45, 2.75) is 19.4 Å². The van der Waals surface area contributed by atoms with Crippen molar-refractivity contribution in [2.75, 3.05) is 43.4 Å². The van der Waals surface area contributed by atoms with Gasteiger partial charge in [0.25, 0.3) is 0 Å². The Bertz CT molecular complexity index is 895. The van der Waals surface area contributed by atoms with Gasteiger partial charge in [-0.25, -0.2) is 4.98 Å². The second-order valence-corrected chi connectivity index (χ2v) is 7.10. The maximum absolute atomic E-state index is 9.55. The molecule has 0 saturated carbocycles. The molecule has 1 fully saturated rings. The van der Waals surface area contributed by atoms with Crippen LogP contribution in [0.15, 0.2) is 28.9 Å². The van der Waals surface area contributed by atoms with Crippen molar-refractivity contribution in [1.82, 2.24) is 24.5 Å². The summed E-state index contributed by atoms with van der Waals surface area (Å²) in [6.45, 7) is 7.57. The Hall–Kier alpha value is -2.65. The lowest BCUT2D eigenvalue weighted by molar-refractivity contribution is 0.0526. The molecule has 0 radical (unpaired) electrons. The summed E-state index contributed by atoms with van der Waals surface area (Å²) in [6.07, 6.45) is 1.58. The second-order valence-electron chi connectivity index (χ2n) is 7.10. The fraction of sp³-hybridized carbons (Fsp3) is 0.471. The number of hydrogen-bond acceptors (Lipinski definition) is 8. The topological polar surface area (TPSA) is 109 Å². The lowest BCUT2D eigenvalue weighted by atomic mass is 10.0. The van der Waals surface area contributed by atoms with Gasteiger partial charge in [0, 0.05) is 37.8 Å². The largest absolute Gasteiger partial charge is 0.461 e. The van der Waals surface area contributed by atoms with Gasteiger partial charge in [-0.3, -0.25) is 4.90 Å². The van der Waals surface area contributed by atoms with Crippen molar-refractivity contribution in [2.24, 2.45) is 0 Å². The number of aliphatic hydroxyl groups is 1. The number of aromatic nitrogens is 4. The molecule has 26 heavy (non-hydrogen) atoms.